The van der Waals surface area contributed by atoms with Crippen LogP contribution in [-0.2, 0) is 4.79 Å². The first-order valence-electron chi connectivity index (χ1n) is 7.49. The Morgan fingerprint density at radius 1 is 1.00 bits per heavy atom. The molecular formula is C18H15NO4. The van der Waals surface area contributed by atoms with Crippen molar-refractivity contribution >= 4 is 22.6 Å². The zero-order chi connectivity index (χ0) is 16.0. The zero-order valence-electron chi connectivity index (χ0n) is 12.3. The molecule has 2 heterocycles. The van der Waals surface area contributed by atoms with Crippen molar-refractivity contribution in [2.45, 2.75) is 12.8 Å². The van der Waals surface area contributed by atoms with Gasteiger partial charge in [-0.15, -0.1) is 0 Å². The highest BCUT2D eigenvalue weighted by Crippen LogP contribution is 2.47. The summed E-state index contributed by atoms with van der Waals surface area (Å²) in [6.07, 6.45) is 1.14. The van der Waals surface area contributed by atoms with Crippen LogP contribution in [-0.4, -0.2) is 22.7 Å². The largest absolute Gasteiger partial charge is 0.502 e. The van der Waals surface area contributed by atoms with E-state index in [1.165, 1.54) is 4.90 Å². The lowest BCUT2D eigenvalue weighted by Crippen LogP contribution is -2.23. The van der Waals surface area contributed by atoms with Gasteiger partial charge < -0.3 is 14.6 Å². The molecule has 5 heteroatoms. The van der Waals surface area contributed by atoms with Crippen LogP contribution in [0, 0.1) is 0 Å². The van der Waals surface area contributed by atoms with E-state index in [0.717, 1.165) is 10.8 Å². The number of nitrogens with zero attached hydrogens (tertiary/aromatic N) is 1. The van der Waals surface area contributed by atoms with Crippen LogP contribution in [0.25, 0.3) is 22.1 Å². The SMILES string of the molecule is O=C1CCCN1c1oc(-c2ccc3ccccc3c2)c(O)c1O. The Balaban J connectivity index is 1.83. The van der Waals surface area contributed by atoms with Gasteiger partial charge in [-0.1, -0.05) is 36.4 Å². The number of hydrogen-bond donors (Lipinski definition) is 2. The van der Waals surface area contributed by atoms with Crippen LogP contribution in [0.5, 0.6) is 11.5 Å². The number of carbonyl (C=O) groups excluding carboxylic acids is 1. The fourth-order valence-electron chi connectivity index (χ4n) is 2.97. The lowest BCUT2D eigenvalue weighted by molar-refractivity contribution is -0.117. The average molecular weight is 309 g/mol. The van der Waals surface area contributed by atoms with Crippen LogP contribution >= 0.6 is 0 Å². The number of carbonyl (C=O) groups is 1. The molecule has 3 aromatic rings. The van der Waals surface area contributed by atoms with Crippen molar-refractivity contribution < 1.29 is 19.4 Å². The minimum absolute atomic E-state index is 0.0214. The first-order chi connectivity index (χ1) is 11.1. The van der Waals surface area contributed by atoms with Crippen LogP contribution in [0.4, 0.5) is 5.88 Å². The second-order valence-corrected chi connectivity index (χ2v) is 5.64. The van der Waals surface area contributed by atoms with Gasteiger partial charge in [-0.3, -0.25) is 9.69 Å². The molecule has 1 fully saturated rings. The molecule has 116 valence electrons. The highest BCUT2D eigenvalue weighted by molar-refractivity contribution is 5.97. The number of benzene rings is 2. The van der Waals surface area contributed by atoms with Gasteiger partial charge in [-0.2, -0.15) is 0 Å². The fraction of sp³-hybridized carbons (Fsp3) is 0.167. The Morgan fingerprint density at radius 2 is 1.78 bits per heavy atom. The fourth-order valence-corrected chi connectivity index (χ4v) is 2.97. The predicted octanol–water partition coefficient (Wildman–Crippen LogP) is 3.64. The molecule has 0 aliphatic carbocycles. The summed E-state index contributed by atoms with van der Waals surface area (Å²) in [4.78, 5) is 13.2. The van der Waals surface area contributed by atoms with E-state index in [4.69, 9.17) is 4.42 Å². The van der Waals surface area contributed by atoms with Gasteiger partial charge in [-0.05, 0) is 23.3 Å². The molecule has 1 aromatic heterocycles. The van der Waals surface area contributed by atoms with Gasteiger partial charge in [0.15, 0.2) is 5.76 Å². The van der Waals surface area contributed by atoms with E-state index in [-0.39, 0.29) is 29.1 Å². The summed E-state index contributed by atoms with van der Waals surface area (Å²) in [5, 5.41) is 22.4. The van der Waals surface area contributed by atoms with E-state index in [1.54, 1.807) is 0 Å². The van der Waals surface area contributed by atoms with Gasteiger partial charge in [0.25, 0.3) is 0 Å². The molecule has 0 radical (unpaired) electrons. The Kier molecular flexibility index (Phi) is 3.01. The Morgan fingerprint density at radius 3 is 2.52 bits per heavy atom. The normalized spacial score (nSPS) is 14.8. The van der Waals surface area contributed by atoms with Crippen molar-refractivity contribution in [3.8, 4) is 22.8 Å². The second kappa shape index (κ2) is 5.05. The summed E-state index contributed by atoms with van der Waals surface area (Å²) in [5.41, 5.74) is 0.648. The predicted molar refractivity (Wildman–Crippen MR) is 86.6 cm³/mol. The molecule has 4 rings (SSSR count). The first kappa shape index (κ1) is 13.7. The molecule has 0 bridgehead atoms. The topological polar surface area (TPSA) is 73.9 Å². The monoisotopic (exact) mass is 309 g/mol. The number of hydrogen-bond acceptors (Lipinski definition) is 4. The summed E-state index contributed by atoms with van der Waals surface area (Å²) in [7, 11) is 0. The molecule has 5 nitrogen and oxygen atoms in total. The van der Waals surface area contributed by atoms with Gasteiger partial charge in [0.1, 0.15) is 0 Å². The molecule has 0 saturated carbocycles. The third-order valence-corrected chi connectivity index (χ3v) is 4.17. The van der Waals surface area contributed by atoms with Crippen LogP contribution < -0.4 is 4.90 Å². The van der Waals surface area contributed by atoms with Gasteiger partial charge in [0.2, 0.25) is 23.3 Å². The highest BCUT2D eigenvalue weighted by atomic mass is 16.4. The van der Waals surface area contributed by atoms with E-state index in [9.17, 15) is 15.0 Å². The summed E-state index contributed by atoms with van der Waals surface area (Å²) >= 11 is 0. The number of aromatic hydroxyl groups is 2. The maximum atomic E-state index is 11.8. The van der Waals surface area contributed by atoms with Gasteiger partial charge >= 0.3 is 0 Å². The van der Waals surface area contributed by atoms with E-state index in [1.807, 2.05) is 42.5 Å². The van der Waals surface area contributed by atoms with Crippen LogP contribution in [0.2, 0.25) is 0 Å². The summed E-state index contributed by atoms with van der Waals surface area (Å²) in [6.45, 7) is 0.483. The van der Waals surface area contributed by atoms with Crippen LogP contribution in [0.1, 0.15) is 12.8 Å². The first-order valence-corrected chi connectivity index (χ1v) is 7.49. The summed E-state index contributed by atoms with van der Waals surface area (Å²) in [5.74, 6) is -0.645. The smallest absolute Gasteiger partial charge is 0.249 e. The maximum absolute atomic E-state index is 11.8. The van der Waals surface area contributed by atoms with Gasteiger partial charge in [0, 0.05) is 18.5 Å². The molecule has 1 amide bonds. The minimum Gasteiger partial charge on any atom is -0.502 e. The minimum atomic E-state index is -0.386. The molecule has 0 spiro atoms. The summed E-state index contributed by atoms with van der Waals surface area (Å²) in [6, 6.07) is 13.5. The van der Waals surface area contributed by atoms with E-state index >= 15 is 0 Å². The maximum Gasteiger partial charge on any atom is 0.249 e. The van der Waals surface area contributed by atoms with E-state index in [0.29, 0.717) is 24.9 Å². The van der Waals surface area contributed by atoms with Crippen molar-refractivity contribution in [2.24, 2.45) is 0 Å². The number of rotatable bonds is 2. The second-order valence-electron chi connectivity index (χ2n) is 5.64. The molecule has 2 N–H and O–H groups in total. The van der Waals surface area contributed by atoms with Crippen molar-refractivity contribution in [1.29, 1.82) is 0 Å². The van der Waals surface area contributed by atoms with Crippen molar-refractivity contribution in [3.63, 3.8) is 0 Å². The zero-order valence-corrected chi connectivity index (χ0v) is 12.3. The van der Waals surface area contributed by atoms with Gasteiger partial charge in [0.05, 0.1) is 0 Å². The molecule has 23 heavy (non-hydrogen) atoms. The summed E-state index contributed by atoms with van der Waals surface area (Å²) < 4.78 is 5.64. The average Bonchev–Trinajstić information content (AvgIpc) is 3.11. The number of furan rings is 1. The third kappa shape index (κ3) is 2.12. The lowest BCUT2D eigenvalue weighted by Gasteiger charge is -2.11. The van der Waals surface area contributed by atoms with Crippen molar-refractivity contribution in [2.75, 3.05) is 11.4 Å². The number of anilines is 1. The molecule has 1 aliphatic rings. The molecule has 1 aliphatic heterocycles. The molecular weight excluding hydrogens is 294 g/mol. The highest BCUT2D eigenvalue weighted by Gasteiger charge is 2.31. The van der Waals surface area contributed by atoms with Crippen LogP contribution in [0.3, 0.4) is 0 Å². The lowest BCUT2D eigenvalue weighted by atomic mass is 10.1. The molecule has 2 aromatic carbocycles. The Hall–Kier alpha value is -2.95. The Bertz CT molecular complexity index is 913. The van der Waals surface area contributed by atoms with Crippen LogP contribution in [0.15, 0.2) is 46.9 Å². The van der Waals surface area contributed by atoms with Crippen molar-refractivity contribution in [3.05, 3.63) is 42.5 Å². The van der Waals surface area contributed by atoms with E-state index < -0.39 is 0 Å². The number of fused-ring (bicyclic) bond motifs is 1. The third-order valence-electron chi connectivity index (χ3n) is 4.17. The standard InChI is InChI=1S/C18H15NO4/c20-14-6-3-9-19(14)18-16(22)15(21)17(23-18)13-8-7-11-4-1-2-5-12(11)10-13/h1-2,4-5,7-8,10,21-22H,3,6,9H2. The molecule has 0 unspecified atom stereocenters. The quantitative estimate of drug-likeness (QED) is 0.758. The van der Waals surface area contributed by atoms with E-state index in [2.05, 4.69) is 0 Å². The van der Waals surface area contributed by atoms with Crippen molar-refractivity contribution in [1.82, 2.24) is 0 Å². The Labute approximate surface area is 132 Å². The molecule has 0 atom stereocenters. The number of amides is 1. The molecule has 1 saturated heterocycles. The van der Waals surface area contributed by atoms with Gasteiger partial charge in [-0.25, -0.2) is 0 Å².